The molecule has 116 valence electrons. The first kappa shape index (κ1) is 17.2. The number of hydrogen-bond donors (Lipinski definition) is 0. The maximum absolute atomic E-state index is 6.12. The quantitative estimate of drug-likeness (QED) is 0.464. The Kier molecular flexibility index (Phi) is 6.23. The van der Waals surface area contributed by atoms with Gasteiger partial charge < -0.3 is 9.47 Å². The number of ether oxygens (including phenoxy) is 2. The third kappa shape index (κ3) is 4.00. The molecule has 0 amide bonds. The fourth-order valence-corrected chi connectivity index (χ4v) is 3.06. The number of halogens is 3. The zero-order valence-electron chi connectivity index (χ0n) is 11.9. The Bertz CT molecular complexity index is 708. The summed E-state index contributed by atoms with van der Waals surface area (Å²) in [6, 6.07) is 5.41. The molecule has 1 heterocycles. The molecule has 2 rings (SSSR count). The normalized spacial score (nSPS) is 11.0. The van der Waals surface area contributed by atoms with Gasteiger partial charge in [-0.15, -0.1) is 0 Å². The van der Waals surface area contributed by atoms with Crippen molar-refractivity contribution >= 4 is 49.7 Å². The minimum absolute atomic E-state index is 0.456. The van der Waals surface area contributed by atoms with E-state index in [1.807, 2.05) is 12.1 Å². The van der Waals surface area contributed by atoms with Crippen molar-refractivity contribution in [2.24, 2.45) is 4.99 Å². The van der Waals surface area contributed by atoms with Crippen molar-refractivity contribution < 1.29 is 9.47 Å². The summed E-state index contributed by atoms with van der Waals surface area (Å²) in [5.74, 6) is 1.70. The van der Waals surface area contributed by atoms with Crippen LogP contribution in [0.15, 0.2) is 33.9 Å². The van der Waals surface area contributed by atoms with Gasteiger partial charge >= 0.3 is 0 Å². The maximum Gasteiger partial charge on any atom is 0.231 e. The van der Waals surface area contributed by atoms with Crippen LogP contribution in [-0.4, -0.2) is 25.4 Å². The lowest BCUT2D eigenvalue weighted by Gasteiger charge is -2.14. The standard InChI is InChI=1S/C15H13Br2ClN2O2/c1-19-7-9-3-11(18)5-12(4-9)22-14-10(6-16)8-20-15(21-2)13(14)17/h3-5,7-8H,6H2,1-2H3. The van der Waals surface area contributed by atoms with Gasteiger partial charge in [0.15, 0.2) is 5.75 Å². The van der Waals surface area contributed by atoms with Crippen molar-refractivity contribution in [3.63, 3.8) is 0 Å². The van der Waals surface area contributed by atoms with E-state index >= 15 is 0 Å². The van der Waals surface area contributed by atoms with Gasteiger partial charge in [0.05, 0.1) is 7.11 Å². The lowest BCUT2D eigenvalue weighted by molar-refractivity contribution is 0.387. The summed E-state index contributed by atoms with van der Waals surface area (Å²) in [6.07, 6.45) is 3.42. The molecule has 0 N–H and O–H groups in total. The molecule has 4 nitrogen and oxygen atoms in total. The van der Waals surface area contributed by atoms with Gasteiger partial charge in [-0.3, -0.25) is 4.99 Å². The first-order valence-electron chi connectivity index (χ1n) is 6.27. The number of methoxy groups -OCH3 is 1. The Labute approximate surface area is 150 Å². The topological polar surface area (TPSA) is 43.7 Å². The molecule has 7 heteroatoms. The average Bonchev–Trinajstić information content (AvgIpc) is 2.49. The third-order valence-electron chi connectivity index (χ3n) is 2.75. The molecular formula is C15H13Br2ClN2O2. The Morgan fingerprint density at radius 3 is 2.77 bits per heavy atom. The molecule has 1 aromatic carbocycles. The number of rotatable bonds is 5. The second kappa shape index (κ2) is 7.94. The predicted molar refractivity (Wildman–Crippen MR) is 96.2 cm³/mol. The van der Waals surface area contributed by atoms with Gasteiger partial charge in [0.2, 0.25) is 5.88 Å². The smallest absolute Gasteiger partial charge is 0.231 e. The molecule has 0 unspecified atom stereocenters. The second-order valence-electron chi connectivity index (χ2n) is 4.28. The van der Waals surface area contributed by atoms with Crippen LogP contribution in [0.5, 0.6) is 17.4 Å². The minimum atomic E-state index is 0.456. The monoisotopic (exact) mass is 446 g/mol. The van der Waals surface area contributed by atoms with Crippen LogP contribution in [0.4, 0.5) is 0 Å². The zero-order chi connectivity index (χ0) is 16.1. The highest BCUT2D eigenvalue weighted by atomic mass is 79.9. The summed E-state index contributed by atoms with van der Waals surface area (Å²) in [7, 11) is 3.26. The van der Waals surface area contributed by atoms with Crippen molar-refractivity contribution in [2.45, 2.75) is 5.33 Å². The molecule has 0 atom stereocenters. The van der Waals surface area contributed by atoms with Crippen LogP contribution in [0.25, 0.3) is 0 Å². The Morgan fingerprint density at radius 2 is 2.14 bits per heavy atom. The molecule has 0 spiro atoms. The fraction of sp³-hybridized carbons (Fsp3) is 0.200. The molecule has 0 aliphatic heterocycles. The van der Waals surface area contributed by atoms with Crippen molar-refractivity contribution in [2.75, 3.05) is 14.2 Å². The minimum Gasteiger partial charge on any atom is -0.480 e. The number of alkyl halides is 1. The van der Waals surface area contributed by atoms with Gasteiger partial charge in [-0.2, -0.15) is 0 Å². The molecule has 0 saturated carbocycles. The predicted octanol–water partition coefficient (Wildman–Crippen LogP) is 5.24. The average molecular weight is 449 g/mol. The van der Waals surface area contributed by atoms with Crippen LogP contribution in [0.3, 0.4) is 0 Å². The molecule has 0 aliphatic rings. The summed E-state index contributed by atoms with van der Waals surface area (Å²) < 4.78 is 11.9. The number of benzene rings is 1. The van der Waals surface area contributed by atoms with Gasteiger partial charge in [0, 0.05) is 35.4 Å². The number of aromatic nitrogens is 1. The van der Waals surface area contributed by atoms with Gasteiger partial charge in [-0.1, -0.05) is 27.5 Å². The number of aliphatic imine (C=N–C) groups is 1. The van der Waals surface area contributed by atoms with E-state index in [1.54, 1.807) is 32.6 Å². The molecule has 0 aliphatic carbocycles. The lowest BCUT2D eigenvalue weighted by Crippen LogP contribution is -1.97. The number of nitrogens with zero attached hydrogens (tertiary/aromatic N) is 2. The van der Waals surface area contributed by atoms with Gasteiger partial charge in [-0.05, 0) is 39.7 Å². The van der Waals surface area contributed by atoms with Crippen LogP contribution in [0.1, 0.15) is 11.1 Å². The first-order chi connectivity index (χ1) is 10.6. The SMILES string of the molecule is CN=Cc1cc(Cl)cc(Oc2c(CBr)cnc(OC)c2Br)c1. The maximum atomic E-state index is 6.12. The van der Waals surface area contributed by atoms with Gasteiger partial charge in [0.25, 0.3) is 0 Å². The summed E-state index contributed by atoms with van der Waals surface area (Å²) in [6.45, 7) is 0. The van der Waals surface area contributed by atoms with Crippen molar-refractivity contribution in [3.05, 3.63) is 45.0 Å². The Hall–Kier alpha value is -1.11. The van der Waals surface area contributed by atoms with Crippen LogP contribution in [-0.2, 0) is 5.33 Å². The van der Waals surface area contributed by atoms with Gasteiger partial charge in [-0.25, -0.2) is 4.98 Å². The summed E-state index contributed by atoms with van der Waals surface area (Å²) >= 11 is 13.0. The lowest BCUT2D eigenvalue weighted by atomic mass is 10.2. The van der Waals surface area contributed by atoms with Crippen molar-refractivity contribution in [3.8, 4) is 17.4 Å². The Morgan fingerprint density at radius 1 is 1.36 bits per heavy atom. The van der Waals surface area contributed by atoms with E-state index < -0.39 is 0 Å². The zero-order valence-corrected chi connectivity index (χ0v) is 15.9. The largest absolute Gasteiger partial charge is 0.480 e. The summed E-state index contributed by atoms with van der Waals surface area (Å²) in [4.78, 5) is 8.20. The number of hydrogen-bond acceptors (Lipinski definition) is 4. The van der Waals surface area contributed by atoms with E-state index in [4.69, 9.17) is 21.1 Å². The van der Waals surface area contributed by atoms with E-state index in [-0.39, 0.29) is 0 Å². The highest BCUT2D eigenvalue weighted by Crippen LogP contribution is 2.39. The number of pyridine rings is 1. The third-order valence-corrected chi connectivity index (χ3v) is 4.27. The molecule has 0 saturated heterocycles. The summed E-state index contributed by atoms with van der Waals surface area (Å²) in [5, 5.41) is 1.17. The molecular weight excluding hydrogens is 435 g/mol. The summed E-state index contributed by atoms with van der Waals surface area (Å²) in [5.41, 5.74) is 1.75. The van der Waals surface area contributed by atoms with E-state index in [1.165, 1.54) is 0 Å². The molecule has 0 bridgehead atoms. The highest BCUT2D eigenvalue weighted by Gasteiger charge is 2.15. The van der Waals surface area contributed by atoms with Crippen molar-refractivity contribution in [1.82, 2.24) is 4.98 Å². The highest BCUT2D eigenvalue weighted by molar-refractivity contribution is 9.10. The first-order valence-corrected chi connectivity index (χ1v) is 8.56. The fourth-order valence-electron chi connectivity index (χ4n) is 1.82. The van der Waals surface area contributed by atoms with Crippen LogP contribution < -0.4 is 9.47 Å². The second-order valence-corrected chi connectivity index (χ2v) is 6.07. The van der Waals surface area contributed by atoms with Crippen LogP contribution in [0, 0.1) is 0 Å². The van der Waals surface area contributed by atoms with Crippen LogP contribution >= 0.6 is 43.5 Å². The Balaban J connectivity index is 2.46. The molecule has 2 aromatic rings. The van der Waals surface area contributed by atoms with E-state index in [0.717, 1.165) is 11.1 Å². The van der Waals surface area contributed by atoms with E-state index in [2.05, 4.69) is 41.8 Å². The molecule has 0 radical (unpaired) electrons. The van der Waals surface area contributed by atoms with Crippen LogP contribution in [0.2, 0.25) is 5.02 Å². The van der Waals surface area contributed by atoms with E-state index in [0.29, 0.717) is 32.2 Å². The molecule has 22 heavy (non-hydrogen) atoms. The molecule has 0 fully saturated rings. The van der Waals surface area contributed by atoms with Gasteiger partial charge in [0.1, 0.15) is 10.2 Å². The van der Waals surface area contributed by atoms with Crippen molar-refractivity contribution in [1.29, 1.82) is 0 Å². The molecule has 1 aromatic heterocycles. The van der Waals surface area contributed by atoms with E-state index in [9.17, 15) is 0 Å².